The first-order valence-electron chi connectivity index (χ1n) is 11.8. The Bertz CT molecular complexity index is 1210. The highest BCUT2D eigenvalue weighted by molar-refractivity contribution is 7.56. The number of halogens is 1. The lowest BCUT2D eigenvalue weighted by Gasteiger charge is -2.26. The maximum absolute atomic E-state index is 13.0. The first kappa shape index (κ1) is 27.0. The van der Waals surface area contributed by atoms with E-state index < -0.39 is 48.4 Å². The Labute approximate surface area is 212 Å². The summed E-state index contributed by atoms with van der Waals surface area (Å²) in [4.78, 5) is 33.7. The van der Waals surface area contributed by atoms with Crippen molar-refractivity contribution in [3.8, 4) is 0 Å². The highest BCUT2D eigenvalue weighted by atomic mass is 35.5. The van der Waals surface area contributed by atoms with E-state index in [1.807, 2.05) is 0 Å². The molecule has 0 radical (unpaired) electrons. The van der Waals surface area contributed by atoms with Crippen LogP contribution in [0.15, 0.2) is 11.1 Å². The molecule has 36 heavy (non-hydrogen) atoms. The minimum Gasteiger partial charge on any atom is -0.461 e. The lowest BCUT2D eigenvalue weighted by Crippen LogP contribution is -2.40. The maximum Gasteiger partial charge on any atom is 0.323 e. The minimum atomic E-state index is -3.49. The molecule has 6 atom stereocenters. The smallest absolute Gasteiger partial charge is 0.323 e. The summed E-state index contributed by atoms with van der Waals surface area (Å²) in [5.74, 6) is -0.607. The number of alkyl halides is 1. The Balaban J connectivity index is 1.40. The quantitative estimate of drug-likeness (QED) is 0.214. The van der Waals surface area contributed by atoms with Gasteiger partial charge in [0.2, 0.25) is 5.95 Å². The Kier molecular flexibility index (Phi) is 7.80. The van der Waals surface area contributed by atoms with E-state index in [0.29, 0.717) is 0 Å². The number of aromatic nitrogens is 4. The Morgan fingerprint density at radius 1 is 1.47 bits per heavy atom. The van der Waals surface area contributed by atoms with Gasteiger partial charge in [0.05, 0.1) is 12.9 Å². The van der Waals surface area contributed by atoms with Crippen molar-refractivity contribution in [1.82, 2.24) is 24.6 Å². The van der Waals surface area contributed by atoms with Crippen molar-refractivity contribution >= 4 is 42.2 Å². The summed E-state index contributed by atoms with van der Waals surface area (Å²) in [7, 11) is -3.49. The van der Waals surface area contributed by atoms with E-state index in [2.05, 4.69) is 20.0 Å². The topological polar surface area (TPSA) is 184 Å². The van der Waals surface area contributed by atoms with Gasteiger partial charge < -0.3 is 24.8 Å². The third-order valence-electron chi connectivity index (χ3n) is 6.52. The number of carbonyl (C=O) groups excluding carboxylic acids is 1. The van der Waals surface area contributed by atoms with E-state index >= 15 is 0 Å². The molecular formula is C21H32ClN6O7P. The van der Waals surface area contributed by atoms with E-state index in [1.54, 1.807) is 13.8 Å². The molecule has 1 aliphatic carbocycles. The van der Waals surface area contributed by atoms with Gasteiger partial charge in [0.15, 0.2) is 17.4 Å². The Morgan fingerprint density at radius 3 is 2.86 bits per heavy atom. The molecule has 0 aromatic carbocycles. The number of H-pyrrole nitrogens is 1. The minimum absolute atomic E-state index is 0.0332. The van der Waals surface area contributed by atoms with Crippen LogP contribution in [0.5, 0.6) is 0 Å². The molecule has 2 aromatic heterocycles. The maximum atomic E-state index is 13.0. The van der Waals surface area contributed by atoms with Gasteiger partial charge in [0.1, 0.15) is 29.2 Å². The third kappa shape index (κ3) is 5.61. The van der Waals surface area contributed by atoms with Gasteiger partial charge in [-0.3, -0.25) is 23.7 Å². The molecule has 0 bridgehead atoms. The summed E-state index contributed by atoms with van der Waals surface area (Å²) >= 11 is 6.65. The van der Waals surface area contributed by atoms with Gasteiger partial charge in [-0.05, 0) is 39.5 Å². The van der Waals surface area contributed by atoms with Crippen molar-refractivity contribution in [3.63, 3.8) is 0 Å². The monoisotopic (exact) mass is 546 g/mol. The van der Waals surface area contributed by atoms with Gasteiger partial charge in [0.25, 0.3) is 13.1 Å². The summed E-state index contributed by atoms with van der Waals surface area (Å²) in [6.07, 6.45) is 2.83. The number of aliphatic hydroxyl groups is 1. The molecule has 0 amide bonds. The summed E-state index contributed by atoms with van der Waals surface area (Å²) in [5, 5.41) is 13.5. The number of anilines is 1. The second kappa shape index (κ2) is 10.4. The highest BCUT2D eigenvalue weighted by Crippen LogP contribution is 2.46. The number of ether oxygens (including phenoxy) is 2. The highest BCUT2D eigenvalue weighted by Gasteiger charge is 2.54. The van der Waals surface area contributed by atoms with Crippen LogP contribution in [0.4, 0.5) is 5.95 Å². The molecule has 200 valence electrons. The average Bonchev–Trinajstić information content (AvgIpc) is 3.31. The van der Waals surface area contributed by atoms with Crippen molar-refractivity contribution in [2.24, 2.45) is 0 Å². The normalized spacial score (nSPS) is 29.8. The largest absolute Gasteiger partial charge is 0.461 e. The van der Waals surface area contributed by atoms with Crippen LogP contribution in [-0.4, -0.2) is 73.1 Å². The van der Waals surface area contributed by atoms with Crippen LogP contribution < -0.4 is 16.4 Å². The standard InChI is InChI=1S/C21H32ClN6O7P/c1-11(18(31)34-12-7-5-4-6-8-12)27-36(3,32)33-9-13-15(29)21(2,22)19(35-13)28-10-24-14-16(28)25-20(23)26-17(14)30/h10-13,15,19,29H,4-9H2,1-3H3,(H,27,32)(H3,23,25,26,30)/t11-,13+,15+,19+,21+,36?/m0/s1. The van der Waals surface area contributed by atoms with E-state index in [0.717, 1.165) is 32.1 Å². The number of rotatable bonds is 8. The predicted molar refractivity (Wildman–Crippen MR) is 132 cm³/mol. The number of nitrogens with zero attached hydrogens (tertiary/aromatic N) is 3. The zero-order valence-corrected chi connectivity index (χ0v) is 22.0. The zero-order valence-electron chi connectivity index (χ0n) is 20.3. The molecule has 5 N–H and O–H groups in total. The number of imidazole rings is 1. The van der Waals surface area contributed by atoms with Crippen molar-refractivity contribution in [2.75, 3.05) is 19.0 Å². The molecule has 2 aliphatic rings. The molecule has 3 heterocycles. The first-order chi connectivity index (χ1) is 16.9. The molecule has 1 unspecified atom stereocenters. The number of fused-ring (bicyclic) bond motifs is 1. The molecule has 4 rings (SSSR count). The molecule has 2 fully saturated rings. The van der Waals surface area contributed by atoms with E-state index in [-0.39, 0.29) is 29.8 Å². The number of carbonyl (C=O) groups is 1. The van der Waals surface area contributed by atoms with Crippen LogP contribution >= 0.6 is 19.1 Å². The third-order valence-corrected chi connectivity index (χ3v) is 8.43. The fraction of sp³-hybridized carbons (Fsp3) is 0.714. The number of hydrogen-bond acceptors (Lipinski definition) is 10. The molecule has 1 saturated heterocycles. The van der Waals surface area contributed by atoms with Gasteiger partial charge in [-0.1, -0.05) is 6.42 Å². The first-order valence-corrected chi connectivity index (χ1v) is 14.3. The van der Waals surface area contributed by atoms with Crippen molar-refractivity contribution in [2.45, 2.75) is 81.4 Å². The van der Waals surface area contributed by atoms with Gasteiger partial charge in [0, 0.05) is 6.66 Å². The molecule has 1 saturated carbocycles. The van der Waals surface area contributed by atoms with Gasteiger partial charge in [-0.15, -0.1) is 11.6 Å². The number of hydrogen-bond donors (Lipinski definition) is 4. The lowest BCUT2D eigenvalue weighted by atomic mass is 9.98. The number of aliphatic hydroxyl groups excluding tert-OH is 1. The van der Waals surface area contributed by atoms with E-state index in [1.165, 1.54) is 17.6 Å². The predicted octanol–water partition coefficient (Wildman–Crippen LogP) is 1.65. The second-order valence-electron chi connectivity index (χ2n) is 9.59. The molecule has 1 aliphatic heterocycles. The Morgan fingerprint density at radius 2 is 2.17 bits per heavy atom. The number of esters is 1. The van der Waals surface area contributed by atoms with E-state index in [4.69, 9.17) is 31.3 Å². The van der Waals surface area contributed by atoms with Crippen LogP contribution in [0.25, 0.3) is 11.2 Å². The van der Waals surface area contributed by atoms with Crippen LogP contribution in [0.2, 0.25) is 0 Å². The number of nitrogens with two attached hydrogens (primary N) is 1. The molecule has 13 nitrogen and oxygen atoms in total. The number of aromatic amines is 1. The fourth-order valence-corrected chi connectivity index (χ4v) is 6.18. The van der Waals surface area contributed by atoms with E-state index in [9.17, 15) is 19.3 Å². The molecule has 2 aromatic rings. The molecule has 15 heteroatoms. The van der Waals surface area contributed by atoms with Crippen LogP contribution in [0, 0.1) is 0 Å². The van der Waals surface area contributed by atoms with Crippen LogP contribution in [0.3, 0.4) is 0 Å². The summed E-state index contributed by atoms with van der Waals surface area (Å²) in [5.41, 5.74) is 5.30. The summed E-state index contributed by atoms with van der Waals surface area (Å²) in [6, 6.07) is -0.852. The van der Waals surface area contributed by atoms with Gasteiger partial charge in [-0.2, -0.15) is 4.98 Å². The van der Waals surface area contributed by atoms with Gasteiger partial charge in [-0.25, -0.2) is 10.1 Å². The van der Waals surface area contributed by atoms with Crippen molar-refractivity contribution in [3.05, 3.63) is 16.7 Å². The summed E-state index contributed by atoms with van der Waals surface area (Å²) in [6.45, 7) is 4.16. The number of nitrogen functional groups attached to an aromatic ring is 1. The van der Waals surface area contributed by atoms with Crippen molar-refractivity contribution in [1.29, 1.82) is 0 Å². The van der Waals surface area contributed by atoms with Gasteiger partial charge >= 0.3 is 5.97 Å². The lowest BCUT2D eigenvalue weighted by molar-refractivity contribution is -0.152. The number of nitrogens with one attached hydrogen (secondary N) is 2. The van der Waals surface area contributed by atoms with Crippen molar-refractivity contribution < 1.29 is 28.5 Å². The fourth-order valence-electron chi connectivity index (χ4n) is 4.57. The van der Waals surface area contributed by atoms with Crippen LogP contribution in [-0.2, 0) is 23.4 Å². The second-order valence-corrected chi connectivity index (χ2v) is 12.6. The Hall–Kier alpha value is -2.02. The molecule has 0 spiro atoms. The van der Waals surface area contributed by atoms with Crippen LogP contribution in [0.1, 0.15) is 52.2 Å². The summed E-state index contributed by atoms with van der Waals surface area (Å²) < 4.78 is 31.5. The molecular weight excluding hydrogens is 515 g/mol. The SMILES string of the molecule is C[C@H](NP(C)(=O)OC[C@H]1O[C@@H](n2cnc3c(=O)[nH]c(N)nc32)[C@](C)(Cl)[C@@H]1O)C(=O)OC1CCCCC1. The zero-order chi connectivity index (χ0) is 26.3. The average molecular weight is 547 g/mol.